The average molecular weight is 1000 g/mol. The fourth-order valence-electron chi connectivity index (χ4n) is 8.08. The Morgan fingerprint density at radius 1 is 0.667 bits per heavy atom. The number of benzene rings is 5. The van der Waals surface area contributed by atoms with Crippen molar-refractivity contribution in [1.82, 2.24) is 14.6 Å². The molecule has 0 aromatic heterocycles. The molecule has 3 saturated heterocycles. The van der Waals surface area contributed by atoms with Gasteiger partial charge in [0.25, 0.3) is 10.0 Å². The van der Waals surface area contributed by atoms with E-state index in [9.17, 15) is 18.0 Å². The largest absolute Gasteiger partial charge is 0.495 e. The minimum absolute atomic E-state index is 0.175. The lowest BCUT2D eigenvalue weighted by molar-refractivity contribution is 0.00578. The van der Waals surface area contributed by atoms with Gasteiger partial charge in [0.15, 0.2) is 0 Å². The lowest BCUT2D eigenvalue weighted by atomic mass is 9.76. The van der Waals surface area contributed by atoms with E-state index < -0.39 is 21.2 Å². The van der Waals surface area contributed by atoms with Crippen molar-refractivity contribution >= 4 is 85.2 Å². The maximum Gasteiger partial charge on any atom is 0.495 e. The van der Waals surface area contributed by atoms with E-state index in [0.717, 1.165) is 68.9 Å². The summed E-state index contributed by atoms with van der Waals surface area (Å²) in [6, 6.07) is 30.9. The Bertz CT molecular complexity index is 2740. The van der Waals surface area contributed by atoms with E-state index in [1.54, 1.807) is 29.2 Å². The number of hydrogen-bond acceptors (Lipinski definition) is 9. The summed E-state index contributed by atoms with van der Waals surface area (Å²) >= 11 is 12.6. The van der Waals surface area contributed by atoms with Crippen molar-refractivity contribution in [2.75, 3.05) is 26.2 Å². The molecule has 2 amide bonds. The summed E-state index contributed by atoms with van der Waals surface area (Å²) in [5, 5.41) is 10.0. The summed E-state index contributed by atoms with van der Waals surface area (Å²) in [5.74, 6) is 0.450. The first-order valence-corrected chi connectivity index (χ1v) is 25.8. The van der Waals surface area contributed by atoms with Crippen molar-refractivity contribution in [3.63, 3.8) is 0 Å². The first kappa shape index (κ1) is 53.5. The third-order valence-corrected chi connectivity index (χ3v) is 14.4. The number of ether oxygens (including phenoxy) is 2. The summed E-state index contributed by atoms with van der Waals surface area (Å²) in [6.45, 7) is 23.7. The van der Waals surface area contributed by atoms with Crippen molar-refractivity contribution in [3.8, 4) is 0 Å². The molecule has 1 N–H and O–H groups in total. The highest BCUT2D eigenvalue weighted by Crippen LogP contribution is 2.38. The van der Waals surface area contributed by atoms with Gasteiger partial charge in [-0.15, -0.1) is 0 Å². The number of rotatable bonds is 5. The van der Waals surface area contributed by atoms with Crippen LogP contribution in [0.4, 0.5) is 9.59 Å². The van der Waals surface area contributed by atoms with Gasteiger partial charge in [0.2, 0.25) is 0 Å². The number of likely N-dealkylation sites (tertiary alicyclic amines) is 2. The Hall–Kier alpha value is -4.86. The minimum Gasteiger partial charge on any atom is -0.444 e. The number of carbonyl (C=O) groups is 2. The van der Waals surface area contributed by atoms with Crippen LogP contribution in [-0.2, 0) is 28.8 Å². The molecule has 0 unspecified atom stereocenters. The third-order valence-electron chi connectivity index (χ3n) is 12.6. The van der Waals surface area contributed by atoms with Gasteiger partial charge in [-0.1, -0.05) is 102 Å². The molecule has 16 heteroatoms. The zero-order chi connectivity index (χ0) is 50.5. The summed E-state index contributed by atoms with van der Waals surface area (Å²) in [7, 11) is -4.03. The lowest BCUT2D eigenvalue weighted by Crippen LogP contribution is -2.42. The maximum absolute atomic E-state index is 12.2. The van der Waals surface area contributed by atoms with E-state index in [-0.39, 0.29) is 35.4 Å². The zero-order valence-corrected chi connectivity index (χ0v) is 44.1. The number of sulfonamides is 1. The second-order valence-corrected chi connectivity index (χ2v) is 23.2. The van der Waals surface area contributed by atoms with Crippen molar-refractivity contribution in [3.05, 3.63) is 118 Å². The van der Waals surface area contributed by atoms with Crippen LogP contribution in [-0.4, -0.2) is 91.8 Å². The van der Waals surface area contributed by atoms with Gasteiger partial charge in [-0.05, 0) is 146 Å². The number of nitrogens with one attached hydrogen (secondary N) is 1. The lowest BCUT2D eigenvalue weighted by Gasteiger charge is -2.34. The van der Waals surface area contributed by atoms with Gasteiger partial charge in [-0.2, -0.15) is 13.5 Å². The SMILES string of the molecule is CC(C)(C)OC(=O)N1CCC(c2ccc(Cl)c3ccccc23)CC1.CC1(C)OB(c2ccc(Cl)c3ccccc23)OC1(C)C.Cc1ccc(S(=O)(=O)NN=C2CCN(C(=O)OC(C)(C)C)CC2)cc1. The molecule has 3 aliphatic heterocycles. The van der Waals surface area contributed by atoms with Crippen molar-refractivity contribution in [1.29, 1.82) is 0 Å². The first-order chi connectivity index (χ1) is 32.2. The van der Waals surface area contributed by atoms with Crippen LogP contribution in [0.3, 0.4) is 0 Å². The number of halogens is 2. The zero-order valence-electron chi connectivity index (χ0n) is 41.8. The highest BCUT2D eigenvalue weighted by Gasteiger charge is 2.52. The van der Waals surface area contributed by atoms with E-state index >= 15 is 0 Å². The minimum atomic E-state index is -3.67. The van der Waals surface area contributed by atoms with Gasteiger partial charge in [0.05, 0.1) is 16.1 Å². The summed E-state index contributed by atoms with van der Waals surface area (Å²) in [4.78, 5) is 30.1. The van der Waals surface area contributed by atoms with Gasteiger partial charge in [0, 0.05) is 60.2 Å². The molecule has 3 aliphatic rings. The number of piperidine rings is 2. The molecule has 69 heavy (non-hydrogen) atoms. The quantitative estimate of drug-likeness (QED) is 0.136. The molecular formula is C53H67BCl2N4O8S. The Balaban J connectivity index is 0.000000171. The molecule has 0 spiro atoms. The molecule has 370 valence electrons. The van der Waals surface area contributed by atoms with Crippen LogP contribution < -0.4 is 10.3 Å². The van der Waals surface area contributed by atoms with Crippen molar-refractivity contribution < 1.29 is 36.8 Å². The maximum atomic E-state index is 12.2. The van der Waals surface area contributed by atoms with Gasteiger partial charge in [0.1, 0.15) is 11.2 Å². The Labute approximate surface area is 419 Å². The van der Waals surface area contributed by atoms with Crippen LogP contribution >= 0.6 is 23.2 Å². The van der Waals surface area contributed by atoms with Gasteiger partial charge >= 0.3 is 19.3 Å². The molecule has 3 fully saturated rings. The highest BCUT2D eigenvalue weighted by molar-refractivity contribution is 7.89. The van der Waals surface area contributed by atoms with E-state index in [4.69, 9.17) is 42.0 Å². The number of aryl methyl sites for hydroxylation is 1. The predicted octanol–water partition coefficient (Wildman–Crippen LogP) is 12.1. The van der Waals surface area contributed by atoms with Gasteiger partial charge in [-0.25, -0.2) is 14.4 Å². The van der Waals surface area contributed by atoms with Crippen LogP contribution in [0.2, 0.25) is 10.0 Å². The smallest absolute Gasteiger partial charge is 0.444 e. The molecule has 0 bridgehead atoms. The Morgan fingerprint density at radius 3 is 1.62 bits per heavy atom. The topological polar surface area (TPSA) is 136 Å². The van der Waals surface area contributed by atoms with Crippen LogP contribution in [0, 0.1) is 6.92 Å². The Morgan fingerprint density at radius 2 is 1.12 bits per heavy atom. The molecule has 3 heterocycles. The molecule has 5 aromatic carbocycles. The molecule has 12 nitrogen and oxygen atoms in total. The first-order valence-electron chi connectivity index (χ1n) is 23.5. The van der Waals surface area contributed by atoms with Crippen LogP contribution in [0.25, 0.3) is 21.5 Å². The summed E-state index contributed by atoms with van der Waals surface area (Å²) in [6.07, 6.45) is 2.36. The molecule has 0 saturated carbocycles. The van der Waals surface area contributed by atoms with Crippen LogP contribution in [0.15, 0.2) is 107 Å². The fraction of sp³-hybridized carbons (Fsp3) is 0.453. The number of carbonyl (C=O) groups excluding carboxylic acids is 2. The monoisotopic (exact) mass is 1000 g/mol. The number of hydrazone groups is 1. The summed E-state index contributed by atoms with van der Waals surface area (Å²) in [5.41, 5.74) is 2.42. The van der Waals surface area contributed by atoms with Gasteiger partial charge < -0.3 is 28.6 Å². The second-order valence-electron chi connectivity index (χ2n) is 20.7. The molecule has 8 rings (SSSR count). The van der Waals surface area contributed by atoms with Crippen molar-refractivity contribution in [2.24, 2.45) is 5.10 Å². The molecule has 0 radical (unpaired) electrons. The fourth-order valence-corrected chi connectivity index (χ4v) is 9.39. The van der Waals surface area contributed by atoms with E-state index in [1.165, 1.54) is 10.9 Å². The average Bonchev–Trinajstić information content (AvgIpc) is 3.51. The van der Waals surface area contributed by atoms with Crippen LogP contribution in [0.5, 0.6) is 0 Å². The third kappa shape index (κ3) is 13.9. The Kier molecular flexibility index (Phi) is 16.8. The number of nitrogens with zero attached hydrogens (tertiary/aromatic N) is 3. The van der Waals surface area contributed by atoms with E-state index in [1.807, 2.05) is 95.8 Å². The van der Waals surface area contributed by atoms with Gasteiger partial charge in [-0.3, -0.25) is 0 Å². The van der Waals surface area contributed by atoms with Crippen LogP contribution in [0.1, 0.15) is 112 Å². The molecule has 0 aliphatic carbocycles. The predicted molar refractivity (Wildman–Crippen MR) is 279 cm³/mol. The molecule has 5 aromatic rings. The normalized spacial score (nSPS) is 17.3. The molecule has 0 atom stereocenters. The number of amides is 2. The standard InChI is InChI=1S/C20H24ClNO2.C17H25N3O4S.C16H18BClO2/c1-20(2,3)24-19(23)22-12-10-14(11-13-22)15-8-9-18(21)17-7-5-4-6-16(15)17;1-13-5-7-15(8-6-13)25(22,23)19-18-14-9-11-20(12-10-14)16(21)24-17(2,3)4;1-15(2)16(3,4)20-17(19-15)13-9-10-14(18)12-8-6-5-7-11(12)13/h4-9,14H,10-13H2,1-3H3;5-8,19H,9-12H2,1-4H3;5-10H,1-4H3. The summed E-state index contributed by atoms with van der Waals surface area (Å²) < 4.78 is 47.5. The highest BCUT2D eigenvalue weighted by atomic mass is 35.5. The number of hydrogen-bond donors (Lipinski definition) is 1. The van der Waals surface area contributed by atoms with Crippen molar-refractivity contribution in [2.45, 2.75) is 135 Å². The molecular weight excluding hydrogens is 934 g/mol. The van der Waals surface area contributed by atoms with E-state index in [0.29, 0.717) is 31.8 Å². The number of fused-ring (bicyclic) bond motifs is 2. The van der Waals surface area contributed by atoms with E-state index in [2.05, 4.69) is 68.0 Å². The second kappa shape index (κ2) is 21.6.